The van der Waals surface area contributed by atoms with Gasteiger partial charge in [0.1, 0.15) is 31.0 Å². The lowest BCUT2D eigenvalue weighted by Gasteiger charge is -2.36. The maximum Gasteiger partial charge on any atom is 0.326 e. The molecule has 9 rings (SSSR count). The number of nitrogens with zero attached hydrogens (tertiary/aromatic N) is 3. The number of thiazole rings is 1. The zero-order valence-corrected chi connectivity index (χ0v) is 38.8. The van der Waals surface area contributed by atoms with Crippen LogP contribution in [0.1, 0.15) is 58.0 Å². The topological polar surface area (TPSA) is 197 Å². The van der Waals surface area contributed by atoms with Crippen LogP contribution in [0.3, 0.4) is 0 Å². The van der Waals surface area contributed by atoms with Gasteiger partial charge in [0.2, 0.25) is 11.8 Å². The fraction of sp³-hybridized carbons (Fsp3) is 0.245. The van der Waals surface area contributed by atoms with Gasteiger partial charge in [0.25, 0.3) is 10.0 Å². The first kappa shape index (κ1) is 45.7. The number of nitriles is 1. The lowest BCUT2D eigenvalue weighted by atomic mass is 9.94. The van der Waals surface area contributed by atoms with E-state index in [1.807, 2.05) is 54.6 Å². The van der Waals surface area contributed by atoms with E-state index in [2.05, 4.69) is 21.7 Å². The smallest absolute Gasteiger partial charge is 0.326 e. The minimum atomic E-state index is -4.49. The third kappa shape index (κ3) is 10.1. The summed E-state index contributed by atoms with van der Waals surface area (Å²) in [6, 6.07) is 29.7. The summed E-state index contributed by atoms with van der Waals surface area (Å²) in [5.41, 5.74) is 5.86. The van der Waals surface area contributed by atoms with E-state index in [0.29, 0.717) is 49.5 Å². The number of benzene rings is 5. The second-order valence-electron chi connectivity index (χ2n) is 16.5. The molecule has 1 saturated carbocycles. The zero-order chi connectivity index (χ0) is 47.0. The maximum atomic E-state index is 14.8. The molecule has 2 aliphatic heterocycles. The molecule has 0 saturated heterocycles. The number of amides is 2. The van der Waals surface area contributed by atoms with Gasteiger partial charge in [-0.3, -0.25) is 9.59 Å². The first-order valence-electron chi connectivity index (χ1n) is 21.3. The lowest BCUT2D eigenvalue weighted by Crippen LogP contribution is -2.55. The quantitative estimate of drug-likeness (QED) is 0.0945. The van der Waals surface area contributed by atoms with Crippen LogP contribution in [0.15, 0.2) is 107 Å². The number of halogens is 2. The molecule has 3 unspecified atom stereocenters. The summed E-state index contributed by atoms with van der Waals surface area (Å²) >= 11 is 13.0. The van der Waals surface area contributed by atoms with Crippen molar-refractivity contribution < 1.29 is 42.1 Å². The number of rotatable bonds is 14. The van der Waals surface area contributed by atoms with Crippen LogP contribution in [0, 0.1) is 24.2 Å². The average molecular weight is 979 g/mol. The van der Waals surface area contributed by atoms with E-state index in [1.54, 1.807) is 48.5 Å². The number of aliphatic carboxylic acids is 1. The van der Waals surface area contributed by atoms with E-state index in [0.717, 1.165) is 50.7 Å². The van der Waals surface area contributed by atoms with Crippen LogP contribution in [0.5, 0.6) is 17.2 Å². The molecule has 1 fully saturated rings. The van der Waals surface area contributed by atoms with E-state index in [4.69, 9.17) is 42.7 Å². The number of fused-ring (bicyclic) bond motifs is 2. The predicted octanol–water partition coefficient (Wildman–Crippen LogP) is 8.66. The summed E-state index contributed by atoms with van der Waals surface area (Å²) in [6.07, 6.45) is 0.779. The Morgan fingerprint density at radius 3 is 2.27 bits per heavy atom. The third-order valence-electron chi connectivity index (χ3n) is 11.8. The number of anilines is 1. The molecule has 1 aromatic heterocycles. The average Bonchev–Trinajstić information content (AvgIpc) is 4.12. The van der Waals surface area contributed by atoms with Gasteiger partial charge < -0.3 is 30.0 Å². The van der Waals surface area contributed by atoms with E-state index >= 15 is 0 Å². The Hall–Kier alpha value is -6.48. The molecule has 1 aliphatic carbocycles. The van der Waals surface area contributed by atoms with Crippen LogP contribution in [0.25, 0.3) is 11.1 Å². The fourth-order valence-electron chi connectivity index (χ4n) is 7.95. The highest BCUT2D eigenvalue weighted by molar-refractivity contribution is 7.91. The fourth-order valence-corrected chi connectivity index (χ4v) is 11.4. The molecule has 6 aromatic rings. The molecule has 0 bridgehead atoms. The number of hydrogen-bond donors (Lipinski definition) is 3. The Morgan fingerprint density at radius 1 is 0.910 bits per heavy atom. The van der Waals surface area contributed by atoms with Crippen molar-refractivity contribution in [3.63, 3.8) is 0 Å². The van der Waals surface area contributed by atoms with E-state index in [-0.39, 0.29) is 59.5 Å². The molecule has 18 heteroatoms. The summed E-state index contributed by atoms with van der Waals surface area (Å²) in [6.45, 7) is 1.70. The summed E-state index contributed by atoms with van der Waals surface area (Å²) in [5.74, 6) is -1.07. The van der Waals surface area contributed by atoms with Gasteiger partial charge in [-0.1, -0.05) is 89.1 Å². The van der Waals surface area contributed by atoms with E-state index in [9.17, 15) is 27.9 Å². The molecule has 0 spiro atoms. The first-order chi connectivity index (χ1) is 32.2. The van der Waals surface area contributed by atoms with Crippen LogP contribution in [-0.2, 0) is 50.4 Å². The van der Waals surface area contributed by atoms with Crippen molar-refractivity contribution in [3.8, 4) is 34.4 Å². The summed E-state index contributed by atoms with van der Waals surface area (Å²) < 4.78 is 49.1. The number of carboxylic acid groups (broad SMARTS) is 1. The largest absolute Gasteiger partial charge is 0.489 e. The second kappa shape index (κ2) is 19.0. The number of sulfonamides is 1. The SMILES string of the molecule is Cc1nc(NC(=O)C2CC2)sc1S(=O)(=O)N1Cc2cc3c(cc2CC1C(=O)NC(Cc1ccc(-c2ccc(C#N)cc2)cc1)C(=O)O)OCC(c1ccc(OCc2ccc(Cl)c(Cl)c2)cc1)O3. The number of aromatic nitrogens is 1. The van der Waals surface area contributed by atoms with Crippen LogP contribution in [0.2, 0.25) is 10.0 Å². The molecule has 3 N–H and O–H groups in total. The Morgan fingerprint density at radius 2 is 1.60 bits per heavy atom. The van der Waals surface area contributed by atoms with Crippen molar-refractivity contribution in [2.75, 3.05) is 11.9 Å². The Balaban J connectivity index is 0.953. The monoisotopic (exact) mass is 977 g/mol. The minimum Gasteiger partial charge on any atom is -0.489 e. The molecule has 2 amide bonds. The van der Waals surface area contributed by atoms with Crippen molar-refractivity contribution in [2.24, 2.45) is 5.92 Å². The highest BCUT2D eigenvalue weighted by atomic mass is 35.5. The molecule has 5 aromatic carbocycles. The molecule has 0 radical (unpaired) electrons. The van der Waals surface area contributed by atoms with Crippen LogP contribution >= 0.6 is 34.5 Å². The van der Waals surface area contributed by atoms with Gasteiger partial charge in [-0.25, -0.2) is 18.2 Å². The van der Waals surface area contributed by atoms with Crippen molar-refractivity contribution in [1.29, 1.82) is 5.26 Å². The van der Waals surface area contributed by atoms with Crippen LogP contribution < -0.4 is 24.8 Å². The van der Waals surface area contributed by atoms with Crippen LogP contribution in [0.4, 0.5) is 5.13 Å². The van der Waals surface area contributed by atoms with Gasteiger partial charge in [-0.05, 0) is 114 Å². The summed E-state index contributed by atoms with van der Waals surface area (Å²) in [4.78, 5) is 44.1. The highest BCUT2D eigenvalue weighted by Gasteiger charge is 2.43. The van der Waals surface area contributed by atoms with E-state index < -0.39 is 40.1 Å². The predicted molar refractivity (Wildman–Crippen MR) is 251 cm³/mol. The standard InChI is InChI=1S/C49H41Cl2N5O9S2/c1-27-48(66-49(53-27)55-45(57)34-11-12-34)67(61,62)56-24-36-22-43-42(64-26-44(65-43)33-13-15-37(16-14-33)63-25-30-6-17-38(50)39(51)18-30)21-35(36)20-41(56)46(58)54-40(47(59)60)19-28-2-7-31(8-3-28)32-9-4-29(23-52)5-10-32/h2-10,13-18,21-22,34,40-41,44H,11-12,19-20,24-26H2,1H3,(H,54,58)(H,59,60)(H,53,55,57). The minimum absolute atomic E-state index is 0.0862. The number of nitrogens with one attached hydrogen (secondary N) is 2. The lowest BCUT2D eigenvalue weighted by molar-refractivity contribution is -0.142. The van der Waals surface area contributed by atoms with Gasteiger partial charge in [0, 0.05) is 18.9 Å². The van der Waals surface area contributed by atoms with E-state index in [1.165, 1.54) is 6.92 Å². The third-order valence-corrected chi connectivity index (χ3v) is 16.0. The number of hydrogen-bond acceptors (Lipinski definition) is 11. The van der Waals surface area contributed by atoms with Gasteiger partial charge in [0.15, 0.2) is 26.9 Å². The van der Waals surface area contributed by atoms with Gasteiger partial charge in [0.05, 0.1) is 27.4 Å². The molecular weight excluding hydrogens is 938 g/mol. The molecule has 14 nitrogen and oxygen atoms in total. The molecule has 3 heterocycles. The van der Waals surface area contributed by atoms with Crippen molar-refractivity contribution in [1.82, 2.24) is 14.6 Å². The highest BCUT2D eigenvalue weighted by Crippen LogP contribution is 2.43. The molecular formula is C49H41Cl2N5O9S2. The Kier molecular flexibility index (Phi) is 13.0. The number of ether oxygens (including phenoxy) is 3. The molecule has 3 aliphatic rings. The summed E-state index contributed by atoms with van der Waals surface area (Å²) in [5, 5.41) is 25.9. The number of aryl methyl sites for hydroxylation is 1. The first-order valence-corrected chi connectivity index (χ1v) is 24.3. The van der Waals surface area contributed by atoms with Crippen molar-refractivity contribution in [2.45, 2.75) is 68.2 Å². The molecule has 3 atom stereocenters. The molecule has 342 valence electrons. The van der Waals surface area contributed by atoms with Gasteiger partial charge >= 0.3 is 5.97 Å². The number of carbonyl (C=O) groups is 3. The van der Waals surface area contributed by atoms with Crippen LogP contribution in [-0.4, -0.2) is 59.3 Å². The van der Waals surface area contributed by atoms with Gasteiger partial charge in [-0.15, -0.1) is 0 Å². The second-order valence-corrected chi connectivity index (χ2v) is 20.4. The van der Waals surface area contributed by atoms with Crippen molar-refractivity contribution in [3.05, 3.63) is 152 Å². The Bertz CT molecular complexity index is 3050. The maximum absolute atomic E-state index is 14.8. The number of carbonyl (C=O) groups excluding carboxylic acids is 2. The Labute approximate surface area is 400 Å². The summed E-state index contributed by atoms with van der Waals surface area (Å²) in [7, 11) is -4.49. The normalized spacial score (nSPS) is 17.1. The van der Waals surface area contributed by atoms with Crippen molar-refractivity contribution >= 4 is 67.5 Å². The number of carboxylic acids is 1. The molecule has 67 heavy (non-hydrogen) atoms. The van der Waals surface area contributed by atoms with Gasteiger partial charge in [-0.2, -0.15) is 9.57 Å². The zero-order valence-electron chi connectivity index (χ0n) is 35.7.